The number of amides is 1. The molecule has 2 aromatic heterocycles. The second-order valence-corrected chi connectivity index (χ2v) is 10.1. The zero-order valence-electron chi connectivity index (χ0n) is 20.6. The van der Waals surface area contributed by atoms with Crippen LogP contribution in [0.15, 0.2) is 35.3 Å². The van der Waals surface area contributed by atoms with Crippen LogP contribution in [0.4, 0.5) is 11.5 Å². The number of anilines is 2. The van der Waals surface area contributed by atoms with Gasteiger partial charge in [0, 0.05) is 31.0 Å². The van der Waals surface area contributed by atoms with E-state index in [0.29, 0.717) is 53.3 Å². The van der Waals surface area contributed by atoms with Crippen molar-refractivity contribution in [3.63, 3.8) is 0 Å². The normalized spacial score (nSPS) is 14.5. The number of aromatic nitrogens is 3. The van der Waals surface area contributed by atoms with Crippen LogP contribution >= 0.6 is 0 Å². The van der Waals surface area contributed by atoms with E-state index < -0.39 is 5.60 Å². The van der Waals surface area contributed by atoms with E-state index in [1.807, 2.05) is 23.7 Å². The van der Waals surface area contributed by atoms with Crippen LogP contribution in [-0.2, 0) is 0 Å². The van der Waals surface area contributed by atoms with Crippen molar-refractivity contribution in [2.75, 3.05) is 18.9 Å². The third-order valence-electron chi connectivity index (χ3n) is 6.54. The maximum absolute atomic E-state index is 12.9. The number of nitrogens with one attached hydrogen (secondary N) is 2. The highest BCUT2D eigenvalue weighted by atomic mass is 16.3. The van der Waals surface area contributed by atoms with Gasteiger partial charge in [0.05, 0.1) is 29.6 Å². The van der Waals surface area contributed by atoms with E-state index in [1.54, 1.807) is 44.1 Å². The SMILES string of the molecule is Cc1cc(Nc2nn([C@@H](CC#N)C3CC3)c3cc[nH]c(=O)c23)ccc1C(=O)N(C)CCC(C)(C)O. The van der Waals surface area contributed by atoms with Crippen molar-refractivity contribution in [1.82, 2.24) is 19.7 Å². The minimum absolute atomic E-state index is 0.0685. The van der Waals surface area contributed by atoms with Crippen LogP contribution in [0.5, 0.6) is 0 Å². The number of nitrogens with zero attached hydrogens (tertiary/aromatic N) is 4. The molecule has 1 atom stereocenters. The van der Waals surface area contributed by atoms with Crippen molar-refractivity contribution < 1.29 is 9.90 Å². The lowest BCUT2D eigenvalue weighted by Gasteiger charge is -2.23. The number of aryl methyl sites for hydroxylation is 1. The Kier molecular flexibility index (Phi) is 6.68. The molecule has 35 heavy (non-hydrogen) atoms. The van der Waals surface area contributed by atoms with Gasteiger partial charge in [0.25, 0.3) is 11.5 Å². The summed E-state index contributed by atoms with van der Waals surface area (Å²) in [4.78, 5) is 29.9. The van der Waals surface area contributed by atoms with Gasteiger partial charge in [-0.05, 0) is 75.8 Å². The number of pyridine rings is 1. The van der Waals surface area contributed by atoms with Gasteiger partial charge >= 0.3 is 0 Å². The monoisotopic (exact) mass is 476 g/mol. The fourth-order valence-corrected chi connectivity index (χ4v) is 4.33. The smallest absolute Gasteiger partial charge is 0.261 e. The van der Waals surface area contributed by atoms with E-state index in [-0.39, 0.29) is 17.5 Å². The van der Waals surface area contributed by atoms with Crippen LogP contribution in [0.2, 0.25) is 0 Å². The maximum Gasteiger partial charge on any atom is 0.261 e. The van der Waals surface area contributed by atoms with Crippen LogP contribution in [0.3, 0.4) is 0 Å². The van der Waals surface area contributed by atoms with Gasteiger partial charge in [0.15, 0.2) is 5.82 Å². The van der Waals surface area contributed by atoms with Gasteiger partial charge in [-0.15, -0.1) is 0 Å². The average Bonchev–Trinajstić information content (AvgIpc) is 3.57. The number of benzene rings is 1. The molecule has 0 aliphatic heterocycles. The molecule has 0 bridgehead atoms. The molecule has 0 unspecified atom stereocenters. The predicted octanol–water partition coefficient (Wildman–Crippen LogP) is 3.87. The van der Waals surface area contributed by atoms with Gasteiger partial charge in [-0.2, -0.15) is 10.4 Å². The van der Waals surface area contributed by atoms with Gasteiger partial charge < -0.3 is 20.3 Å². The summed E-state index contributed by atoms with van der Waals surface area (Å²) < 4.78 is 1.82. The first kappa shape index (κ1) is 24.5. The third-order valence-corrected chi connectivity index (χ3v) is 6.54. The number of hydrogen-bond donors (Lipinski definition) is 3. The highest BCUT2D eigenvalue weighted by molar-refractivity contribution is 5.96. The van der Waals surface area contributed by atoms with Gasteiger partial charge in [0.1, 0.15) is 5.39 Å². The number of aliphatic hydroxyl groups is 1. The molecular formula is C26H32N6O3. The van der Waals surface area contributed by atoms with Crippen molar-refractivity contribution in [2.45, 2.75) is 58.1 Å². The first-order chi connectivity index (χ1) is 16.6. The molecule has 9 nitrogen and oxygen atoms in total. The first-order valence-corrected chi connectivity index (χ1v) is 11.9. The standard InChI is InChI=1S/C26H32N6O3/c1-16-15-18(7-8-19(16)25(34)31(4)14-11-26(2,3)35)29-23-22-21(10-13-28-24(22)33)32(30-23)20(9-12-27)17-5-6-17/h7-8,10,13,15,17,20,35H,5-6,9,11,14H2,1-4H3,(H,28,33)(H,29,30)/t20-/m0/s1. The molecule has 0 saturated heterocycles. The lowest BCUT2D eigenvalue weighted by molar-refractivity contribution is 0.0544. The number of carbonyl (C=O) groups is 1. The second kappa shape index (κ2) is 9.55. The lowest BCUT2D eigenvalue weighted by atomic mass is 10.0. The Bertz CT molecular complexity index is 1340. The summed E-state index contributed by atoms with van der Waals surface area (Å²) in [6.45, 7) is 5.75. The Hall–Kier alpha value is -3.64. The summed E-state index contributed by atoms with van der Waals surface area (Å²) in [6.07, 6.45) is 4.52. The van der Waals surface area contributed by atoms with Crippen molar-refractivity contribution in [3.05, 3.63) is 51.9 Å². The quantitative estimate of drug-likeness (QED) is 0.430. The fraction of sp³-hybridized carbons (Fsp3) is 0.462. The molecule has 3 aromatic rings. The second-order valence-electron chi connectivity index (χ2n) is 10.1. The Morgan fingerprint density at radius 2 is 2.14 bits per heavy atom. The molecule has 3 N–H and O–H groups in total. The highest BCUT2D eigenvalue weighted by Gasteiger charge is 2.34. The van der Waals surface area contributed by atoms with Crippen LogP contribution in [0, 0.1) is 24.2 Å². The molecule has 1 aromatic carbocycles. The fourth-order valence-electron chi connectivity index (χ4n) is 4.33. The van der Waals surface area contributed by atoms with Crippen LogP contribution in [0.25, 0.3) is 10.9 Å². The highest BCUT2D eigenvalue weighted by Crippen LogP contribution is 2.43. The number of rotatable bonds is 9. The van der Waals surface area contributed by atoms with Crippen LogP contribution in [0.1, 0.15) is 61.5 Å². The molecule has 2 heterocycles. The van der Waals surface area contributed by atoms with Crippen LogP contribution in [-0.4, -0.2) is 49.9 Å². The van der Waals surface area contributed by atoms with E-state index >= 15 is 0 Å². The largest absolute Gasteiger partial charge is 0.390 e. The Balaban J connectivity index is 1.61. The number of carbonyl (C=O) groups excluding carboxylic acids is 1. The summed E-state index contributed by atoms with van der Waals surface area (Å²) in [7, 11) is 1.72. The zero-order chi connectivity index (χ0) is 25.3. The van der Waals surface area contributed by atoms with Gasteiger partial charge in [-0.25, -0.2) is 0 Å². The summed E-state index contributed by atoms with van der Waals surface area (Å²) in [6, 6.07) is 9.41. The summed E-state index contributed by atoms with van der Waals surface area (Å²) in [5.41, 5.74) is 1.67. The molecule has 4 rings (SSSR count). The molecule has 0 spiro atoms. The van der Waals surface area contributed by atoms with Crippen molar-refractivity contribution in [1.29, 1.82) is 5.26 Å². The Morgan fingerprint density at radius 1 is 1.40 bits per heavy atom. The predicted molar refractivity (Wildman–Crippen MR) is 135 cm³/mol. The van der Waals surface area contributed by atoms with Crippen molar-refractivity contribution in [3.8, 4) is 6.07 Å². The summed E-state index contributed by atoms with van der Waals surface area (Å²) in [5, 5.41) is 27.7. The number of aromatic amines is 1. The molecule has 9 heteroatoms. The molecular weight excluding hydrogens is 444 g/mol. The molecule has 1 amide bonds. The lowest BCUT2D eigenvalue weighted by Crippen LogP contribution is -2.33. The van der Waals surface area contributed by atoms with Crippen LogP contribution < -0.4 is 10.9 Å². The van der Waals surface area contributed by atoms with E-state index in [2.05, 4.69) is 16.4 Å². The van der Waals surface area contributed by atoms with E-state index in [0.717, 1.165) is 18.4 Å². The van der Waals surface area contributed by atoms with Crippen molar-refractivity contribution in [2.24, 2.45) is 5.92 Å². The molecule has 0 radical (unpaired) electrons. The minimum atomic E-state index is -0.840. The minimum Gasteiger partial charge on any atom is -0.390 e. The Morgan fingerprint density at radius 3 is 2.77 bits per heavy atom. The number of hydrogen-bond acceptors (Lipinski definition) is 6. The van der Waals surface area contributed by atoms with Gasteiger partial charge in [0.2, 0.25) is 0 Å². The molecule has 1 saturated carbocycles. The zero-order valence-corrected chi connectivity index (χ0v) is 20.6. The molecule has 1 aliphatic rings. The maximum atomic E-state index is 12.9. The average molecular weight is 477 g/mol. The first-order valence-electron chi connectivity index (χ1n) is 11.9. The van der Waals surface area contributed by atoms with Gasteiger partial charge in [-0.3, -0.25) is 14.3 Å². The van der Waals surface area contributed by atoms with Gasteiger partial charge in [-0.1, -0.05) is 0 Å². The van der Waals surface area contributed by atoms with E-state index in [1.165, 1.54) is 0 Å². The topological polar surface area (TPSA) is 127 Å². The van der Waals surface area contributed by atoms with E-state index in [4.69, 9.17) is 5.10 Å². The summed E-state index contributed by atoms with van der Waals surface area (Å²) in [5.74, 6) is 0.699. The molecule has 184 valence electrons. The molecule has 1 aliphatic carbocycles. The third kappa shape index (κ3) is 5.38. The summed E-state index contributed by atoms with van der Waals surface area (Å²) >= 11 is 0. The number of H-pyrrole nitrogens is 1. The number of nitriles is 1. The van der Waals surface area contributed by atoms with E-state index in [9.17, 15) is 20.0 Å². The molecule has 1 fully saturated rings. The Labute approximate surface area is 204 Å². The number of fused-ring (bicyclic) bond motifs is 1. The van der Waals surface area contributed by atoms with Crippen molar-refractivity contribution >= 4 is 28.3 Å².